The minimum atomic E-state index is -0.0400. The molecule has 1 unspecified atom stereocenters. The number of hydrogen-bond donors (Lipinski definition) is 1. The van der Waals surface area contributed by atoms with Crippen molar-refractivity contribution >= 4 is 16.8 Å². The topological polar surface area (TPSA) is 42.6 Å². The number of amides is 1. The summed E-state index contributed by atoms with van der Waals surface area (Å²) in [5, 5.41) is 1.29. The van der Waals surface area contributed by atoms with E-state index in [1.165, 1.54) is 22.2 Å². The smallest absolute Gasteiger partial charge is 0.224 e. The number of carbonyl (C=O) groups is 1. The lowest BCUT2D eigenvalue weighted by atomic mass is 9.92. The SMILES string of the molecule is CCN1CCN(CCC(=O)N2CCc3c([nH]c4ccccc34)C2c2ccccc2)CC1. The third-order valence-corrected chi connectivity index (χ3v) is 7.02. The highest BCUT2D eigenvalue weighted by Crippen LogP contribution is 2.38. The number of H-pyrrole nitrogens is 1. The molecule has 2 aromatic carbocycles. The molecule has 1 amide bonds. The van der Waals surface area contributed by atoms with Gasteiger partial charge in [-0.3, -0.25) is 4.79 Å². The molecule has 1 aromatic heterocycles. The van der Waals surface area contributed by atoms with Crippen molar-refractivity contribution in [3.05, 3.63) is 71.4 Å². The molecule has 1 N–H and O–H groups in total. The minimum absolute atomic E-state index is 0.0400. The molecule has 2 aliphatic rings. The Morgan fingerprint density at radius 3 is 2.42 bits per heavy atom. The summed E-state index contributed by atoms with van der Waals surface area (Å²) in [5.74, 6) is 0.260. The van der Waals surface area contributed by atoms with Crippen LogP contribution in [0.2, 0.25) is 0 Å². The van der Waals surface area contributed by atoms with E-state index < -0.39 is 0 Å². The first-order chi connectivity index (χ1) is 15.2. The largest absolute Gasteiger partial charge is 0.356 e. The van der Waals surface area contributed by atoms with E-state index in [2.05, 4.69) is 75.1 Å². The number of nitrogens with zero attached hydrogens (tertiary/aromatic N) is 3. The molecule has 0 radical (unpaired) electrons. The molecular formula is C26H32N4O. The molecule has 3 aromatic rings. The number of nitrogens with one attached hydrogen (secondary N) is 1. The summed E-state index contributed by atoms with van der Waals surface area (Å²) in [4.78, 5) is 24.1. The maximum absolute atomic E-state index is 13.4. The number of aromatic nitrogens is 1. The number of hydrogen-bond acceptors (Lipinski definition) is 3. The average molecular weight is 417 g/mol. The van der Waals surface area contributed by atoms with E-state index in [-0.39, 0.29) is 11.9 Å². The number of aromatic amines is 1. The van der Waals surface area contributed by atoms with Crippen LogP contribution in [0.25, 0.3) is 10.9 Å². The Bertz CT molecular complexity index is 1040. The number of carbonyl (C=O) groups excluding carboxylic acids is 1. The fourth-order valence-corrected chi connectivity index (χ4v) is 5.22. The lowest BCUT2D eigenvalue weighted by molar-refractivity contribution is -0.133. The van der Waals surface area contributed by atoms with Gasteiger partial charge in [-0.2, -0.15) is 0 Å². The van der Waals surface area contributed by atoms with Crippen molar-refractivity contribution in [2.24, 2.45) is 0 Å². The van der Waals surface area contributed by atoms with Crippen LogP contribution in [0.15, 0.2) is 54.6 Å². The fraction of sp³-hybridized carbons (Fsp3) is 0.423. The van der Waals surface area contributed by atoms with Crippen LogP contribution < -0.4 is 0 Å². The summed E-state index contributed by atoms with van der Waals surface area (Å²) >= 11 is 0. The van der Waals surface area contributed by atoms with Gasteiger partial charge in [-0.1, -0.05) is 55.5 Å². The van der Waals surface area contributed by atoms with Crippen LogP contribution in [0.1, 0.15) is 36.2 Å². The van der Waals surface area contributed by atoms with Gasteiger partial charge in [-0.05, 0) is 30.2 Å². The molecule has 3 heterocycles. The van der Waals surface area contributed by atoms with Crippen molar-refractivity contribution in [3.8, 4) is 0 Å². The average Bonchev–Trinajstić information content (AvgIpc) is 3.21. The van der Waals surface area contributed by atoms with Crippen LogP contribution in [0.5, 0.6) is 0 Å². The van der Waals surface area contributed by atoms with E-state index in [4.69, 9.17) is 0 Å². The van der Waals surface area contributed by atoms with Crippen molar-refractivity contribution in [1.29, 1.82) is 0 Å². The Morgan fingerprint density at radius 2 is 1.65 bits per heavy atom. The normalized spacial score (nSPS) is 20.2. The van der Waals surface area contributed by atoms with E-state index in [1.54, 1.807) is 0 Å². The Kier molecular flexibility index (Phi) is 5.79. The van der Waals surface area contributed by atoms with Crippen LogP contribution in [-0.4, -0.2) is 71.4 Å². The van der Waals surface area contributed by atoms with Crippen LogP contribution in [-0.2, 0) is 11.2 Å². The number of fused-ring (bicyclic) bond motifs is 3. The zero-order valence-electron chi connectivity index (χ0n) is 18.4. The second-order valence-electron chi connectivity index (χ2n) is 8.74. The van der Waals surface area contributed by atoms with Gasteiger partial charge in [0.05, 0.1) is 6.04 Å². The van der Waals surface area contributed by atoms with Gasteiger partial charge in [-0.15, -0.1) is 0 Å². The standard InChI is InChI=1S/C26H32N4O/c1-2-28-16-18-29(19-17-28)14-13-24(31)30-15-12-22-21-10-6-7-11-23(21)27-25(22)26(30)20-8-4-3-5-9-20/h3-11,26-27H,2,12-19H2,1H3. The molecule has 1 saturated heterocycles. The predicted octanol–water partition coefficient (Wildman–Crippen LogP) is 3.67. The Morgan fingerprint density at radius 1 is 0.935 bits per heavy atom. The van der Waals surface area contributed by atoms with Gasteiger partial charge in [0.1, 0.15) is 0 Å². The summed E-state index contributed by atoms with van der Waals surface area (Å²) in [6.45, 7) is 9.32. The molecule has 5 rings (SSSR count). The highest BCUT2D eigenvalue weighted by atomic mass is 16.2. The highest BCUT2D eigenvalue weighted by Gasteiger charge is 2.34. The number of benzene rings is 2. The van der Waals surface area contributed by atoms with E-state index in [0.29, 0.717) is 6.42 Å². The van der Waals surface area contributed by atoms with E-state index in [9.17, 15) is 4.79 Å². The lowest BCUT2D eigenvalue weighted by Gasteiger charge is -2.37. The predicted molar refractivity (Wildman–Crippen MR) is 125 cm³/mol. The second kappa shape index (κ2) is 8.85. The van der Waals surface area contributed by atoms with Gasteiger partial charge < -0.3 is 19.7 Å². The molecule has 2 aliphatic heterocycles. The van der Waals surface area contributed by atoms with Crippen LogP contribution >= 0.6 is 0 Å². The molecule has 5 nitrogen and oxygen atoms in total. The van der Waals surface area contributed by atoms with Crippen molar-refractivity contribution in [2.75, 3.05) is 45.8 Å². The molecule has 1 fully saturated rings. The van der Waals surface area contributed by atoms with Crippen molar-refractivity contribution < 1.29 is 4.79 Å². The van der Waals surface area contributed by atoms with Gasteiger partial charge >= 0.3 is 0 Å². The van der Waals surface area contributed by atoms with Crippen molar-refractivity contribution in [3.63, 3.8) is 0 Å². The molecule has 162 valence electrons. The van der Waals surface area contributed by atoms with Crippen molar-refractivity contribution in [2.45, 2.75) is 25.8 Å². The summed E-state index contributed by atoms with van der Waals surface area (Å²) in [7, 11) is 0. The first-order valence-electron chi connectivity index (χ1n) is 11.6. The number of likely N-dealkylation sites (N-methyl/N-ethyl adjacent to an activating group) is 1. The van der Waals surface area contributed by atoms with Crippen LogP contribution in [0.4, 0.5) is 0 Å². The van der Waals surface area contributed by atoms with Gasteiger partial charge in [0.2, 0.25) is 5.91 Å². The molecular weight excluding hydrogens is 384 g/mol. The number of rotatable bonds is 5. The van der Waals surface area contributed by atoms with E-state index in [0.717, 1.165) is 57.8 Å². The van der Waals surface area contributed by atoms with Gasteiger partial charge in [0.25, 0.3) is 0 Å². The molecule has 1 atom stereocenters. The summed E-state index contributed by atoms with van der Waals surface area (Å²) in [6, 6.07) is 18.9. The van der Waals surface area contributed by atoms with E-state index >= 15 is 0 Å². The zero-order valence-corrected chi connectivity index (χ0v) is 18.4. The summed E-state index contributed by atoms with van der Waals surface area (Å²) in [6.07, 6.45) is 1.49. The summed E-state index contributed by atoms with van der Waals surface area (Å²) < 4.78 is 0. The third kappa shape index (κ3) is 4.00. The maximum atomic E-state index is 13.4. The molecule has 0 saturated carbocycles. The fourth-order valence-electron chi connectivity index (χ4n) is 5.22. The monoisotopic (exact) mass is 416 g/mol. The van der Waals surface area contributed by atoms with Gasteiger partial charge in [0.15, 0.2) is 0 Å². The van der Waals surface area contributed by atoms with Crippen LogP contribution in [0.3, 0.4) is 0 Å². The Labute approximate surface area is 184 Å². The minimum Gasteiger partial charge on any atom is -0.356 e. The molecule has 0 spiro atoms. The maximum Gasteiger partial charge on any atom is 0.224 e. The Balaban J connectivity index is 1.38. The molecule has 31 heavy (non-hydrogen) atoms. The highest BCUT2D eigenvalue weighted by molar-refractivity contribution is 5.86. The zero-order chi connectivity index (χ0) is 21.2. The van der Waals surface area contributed by atoms with Crippen LogP contribution in [0, 0.1) is 0 Å². The van der Waals surface area contributed by atoms with Gasteiger partial charge in [-0.25, -0.2) is 0 Å². The van der Waals surface area contributed by atoms with Gasteiger partial charge in [0, 0.05) is 62.3 Å². The number of piperazine rings is 1. The lowest BCUT2D eigenvalue weighted by Crippen LogP contribution is -2.47. The quantitative estimate of drug-likeness (QED) is 0.690. The first kappa shape index (κ1) is 20.3. The molecule has 0 aliphatic carbocycles. The van der Waals surface area contributed by atoms with E-state index in [1.807, 2.05) is 6.07 Å². The van der Waals surface area contributed by atoms with Crippen molar-refractivity contribution in [1.82, 2.24) is 19.7 Å². The Hall–Kier alpha value is -2.63. The molecule has 0 bridgehead atoms. The summed E-state index contributed by atoms with van der Waals surface area (Å²) in [5.41, 5.74) is 4.89. The first-order valence-corrected chi connectivity index (χ1v) is 11.6. The second-order valence-corrected chi connectivity index (χ2v) is 8.74. The third-order valence-electron chi connectivity index (χ3n) is 7.02. The number of para-hydroxylation sites is 1. The molecule has 5 heteroatoms.